The Balaban J connectivity index is 1.52. The van der Waals surface area contributed by atoms with E-state index in [1.807, 2.05) is 28.8 Å². The number of aryl methyl sites for hydroxylation is 1. The topological polar surface area (TPSA) is 94.0 Å². The summed E-state index contributed by atoms with van der Waals surface area (Å²) >= 11 is 0. The average Bonchev–Trinajstić information content (AvgIpc) is 2.96. The molecule has 1 aliphatic heterocycles. The van der Waals surface area contributed by atoms with E-state index in [9.17, 15) is 4.79 Å². The highest BCUT2D eigenvalue weighted by atomic mass is 16.1. The Kier molecular flexibility index (Phi) is 5.64. The van der Waals surface area contributed by atoms with E-state index in [2.05, 4.69) is 36.0 Å². The molecule has 0 spiro atoms. The zero-order valence-electron chi connectivity index (χ0n) is 18.9. The predicted octanol–water partition coefficient (Wildman–Crippen LogP) is 3.09. The minimum atomic E-state index is -0.0109. The number of nitrogens with two attached hydrogens (primary N) is 1. The molecule has 1 unspecified atom stereocenters. The largest absolute Gasteiger partial charge is 0.396 e. The molecule has 8 heteroatoms. The van der Waals surface area contributed by atoms with Crippen LogP contribution in [0, 0.1) is 11.3 Å². The van der Waals surface area contributed by atoms with Crippen LogP contribution in [0.5, 0.6) is 0 Å². The van der Waals surface area contributed by atoms with Crippen molar-refractivity contribution in [3.63, 3.8) is 0 Å². The smallest absolute Gasteiger partial charge is 0.330 e. The zero-order chi connectivity index (χ0) is 22.2. The molecule has 8 nitrogen and oxygen atoms in total. The van der Waals surface area contributed by atoms with E-state index < -0.39 is 0 Å². The van der Waals surface area contributed by atoms with Gasteiger partial charge in [-0.15, -0.1) is 0 Å². The van der Waals surface area contributed by atoms with Gasteiger partial charge < -0.3 is 16.0 Å². The van der Waals surface area contributed by atoms with E-state index in [0.29, 0.717) is 18.2 Å². The van der Waals surface area contributed by atoms with Crippen molar-refractivity contribution >= 4 is 28.5 Å². The first kappa shape index (κ1) is 21.2. The number of anilines is 3. The van der Waals surface area contributed by atoms with Gasteiger partial charge in [0.05, 0.1) is 11.2 Å². The number of pyridine rings is 2. The summed E-state index contributed by atoms with van der Waals surface area (Å²) in [5.74, 6) is 2.15. The van der Waals surface area contributed by atoms with E-state index >= 15 is 0 Å². The average molecular weight is 424 g/mol. The molecule has 3 N–H and O–H groups in total. The standard InChI is InChI=1S/C23H33N7O/c1-23(2,3)15-30-18-9-10-19(27-21(18)28(4)22(30)31)29-12-6-7-16(14-29)13-26-20-17(24)8-5-11-25-20/h5,8-11,16H,6-7,12-15,24H2,1-4H3,(H,25,26). The van der Waals surface area contributed by atoms with Crippen molar-refractivity contribution in [1.29, 1.82) is 0 Å². The maximum Gasteiger partial charge on any atom is 0.330 e. The maximum atomic E-state index is 12.8. The molecule has 3 aromatic heterocycles. The van der Waals surface area contributed by atoms with E-state index in [1.54, 1.807) is 17.8 Å². The number of imidazole rings is 1. The first-order valence-electron chi connectivity index (χ1n) is 11.0. The van der Waals surface area contributed by atoms with Crippen LogP contribution in [-0.2, 0) is 13.6 Å². The number of fused-ring (bicyclic) bond motifs is 1. The summed E-state index contributed by atoms with van der Waals surface area (Å²) < 4.78 is 3.50. The second-order valence-corrected chi connectivity index (χ2v) is 9.78. The molecule has 166 valence electrons. The summed E-state index contributed by atoms with van der Waals surface area (Å²) in [7, 11) is 1.81. The second-order valence-electron chi connectivity index (χ2n) is 9.78. The summed E-state index contributed by atoms with van der Waals surface area (Å²) in [6.07, 6.45) is 4.01. The van der Waals surface area contributed by atoms with Gasteiger partial charge in [0, 0.05) is 39.4 Å². The lowest BCUT2D eigenvalue weighted by Gasteiger charge is -2.33. The number of nitrogens with one attached hydrogen (secondary N) is 1. The Morgan fingerprint density at radius 3 is 2.81 bits per heavy atom. The molecule has 1 fully saturated rings. The molecule has 1 aliphatic rings. The van der Waals surface area contributed by atoms with Gasteiger partial charge in [-0.3, -0.25) is 9.13 Å². The number of aromatic nitrogens is 4. The summed E-state index contributed by atoms with van der Waals surface area (Å²) in [4.78, 5) is 24.3. The van der Waals surface area contributed by atoms with Crippen LogP contribution in [0.1, 0.15) is 33.6 Å². The van der Waals surface area contributed by atoms with Crippen LogP contribution < -0.4 is 21.6 Å². The van der Waals surface area contributed by atoms with E-state index in [0.717, 1.165) is 55.3 Å². The fourth-order valence-corrected chi connectivity index (χ4v) is 4.31. The number of hydrogen-bond acceptors (Lipinski definition) is 6. The second kappa shape index (κ2) is 8.24. The molecular formula is C23H33N7O. The Bertz CT molecular complexity index is 1130. The molecular weight excluding hydrogens is 390 g/mol. The van der Waals surface area contributed by atoms with Gasteiger partial charge in [0.25, 0.3) is 0 Å². The van der Waals surface area contributed by atoms with Crippen LogP contribution in [0.25, 0.3) is 11.2 Å². The van der Waals surface area contributed by atoms with Crippen LogP contribution >= 0.6 is 0 Å². The SMILES string of the molecule is Cn1c(=O)n(CC(C)(C)C)c2ccc(N3CCCC(CNc4ncccc4N)C3)nc21. The van der Waals surface area contributed by atoms with E-state index in [4.69, 9.17) is 10.7 Å². The van der Waals surface area contributed by atoms with Crippen LogP contribution in [0.2, 0.25) is 0 Å². The normalized spacial score (nSPS) is 17.3. The quantitative estimate of drug-likeness (QED) is 0.655. The summed E-state index contributed by atoms with van der Waals surface area (Å²) in [6.45, 7) is 9.78. The van der Waals surface area contributed by atoms with Crippen molar-refractivity contribution in [1.82, 2.24) is 19.1 Å². The molecule has 0 amide bonds. The molecule has 0 aliphatic carbocycles. The van der Waals surface area contributed by atoms with Crippen molar-refractivity contribution in [2.45, 2.75) is 40.2 Å². The molecule has 4 rings (SSSR count). The number of piperidine rings is 1. The van der Waals surface area contributed by atoms with Gasteiger partial charge >= 0.3 is 5.69 Å². The van der Waals surface area contributed by atoms with Gasteiger partial charge in [-0.25, -0.2) is 14.8 Å². The predicted molar refractivity (Wildman–Crippen MR) is 127 cm³/mol. The van der Waals surface area contributed by atoms with Gasteiger partial charge in [0.15, 0.2) is 5.65 Å². The van der Waals surface area contributed by atoms with Gasteiger partial charge in [-0.2, -0.15) is 0 Å². The third kappa shape index (κ3) is 4.52. The van der Waals surface area contributed by atoms with Gasteiger partial charge in [-0.05, 0) is 48.4 Å². The molecule has 31 heavy (non-hydrogen) atoms. The Labute approximate surface area is 183 Å². The van der Waals surface area contributed by atoms with Crippen LogP contribution in [-0.4, -0.2) is 38.7 Å². The van der Waals surface area contributed by atoms with Crippen molar-refractivity contribution in [3.8, 4) is 0 Å². The number of nitrogens with zero attached hydrogens (tertiary/aromatic N) is 5. The number of rotatable bonds is 5. The minimum Gasteiger partial charge on any atom is -0.396 e. The molecule has 0 radical (unpaired) electrons. The fourth-order valence-electron chi connectivity index (χ4n) is 4.31. The lowest BCUT2D eigenvalue weighted by molar-refractivity contribution is 0.342. The Hall–Kier alpha value is -3.03. The monoisotopic (exact) mass is 423 g/mol. The molecule has 0 bridgehead atoms. The summed E-state index contributed by atoms with van der Waals surface area (Å²) in [5, 5.41) is 3.39. The van der Waals surface area contributed by atoms with E-state index in [1.165, 1.54) is 0 Å². The summed E-state index contributed by atoms with van der Waals surface area (Å²) in [6, 6.07) is 7.79. The zero-order valence-corrected chi connectivity index (χ0v) is 18.9. The molecule has 1 atom stereocenters. The number of hydrogen-bond donors (Lipinski definition) is 2. The summed E-state index contributed by atoms with van der Waals surface area (Å²) in [5.41, 5.74) is 8.31. The first-order valence-corrected chi connectivity index (χ1v) is 11.0. The fraction of sp³-hybridized carbons (Fsp3) is 0.522. The van der Waals surface area contributed by atoms with Crippen molar-refractivity contribution in [3.05, 3.63) is 40.9 Å². The van der Waals surface area contributed by atoms with Crippen molar-refractivity contribution in [2.24, 2.45) is 18.4 Å². The van der Waals surface area contributed by atoms with Crippen LogP contribution in [0.4, 0.5) is 17.3 Å². The maximum absolute atomic E-state index is 12.8. The highest BCUT2D eigenvalue weighted by Gasteiger charge is 2.23. The molecule has 0 saturated carbocycles. The van der Waals surface area contributed by atoms with Gasteiger partial charge in [-0.1, -0.05) is 20.8 Å². The van der Waals surface area contributed by atoms with Crippen LogP contribution in [0.15, 0.2) is 35.3 Å². The molecule has 3 aromatic rings. The Morgan fingerprint density at radius 1 is 1.26 bits per heavy atom. The third-order valence-corrected chi connectivity index (χ3v) is 5.84. The highest BCUT2D eigenvalue weighted by molar-refractivity contribution is 5.74. The lowest BCUT2D eigenvalue weighted by atomic mass is 9.97. The van der Waals surface area contributed by atoms with Gasteiger partial charge in [0.1, 0.15) is 11.6 Å². The minimum absolute atomic E-state index is 0.0109. The highest BCUT2D eigenvalue weighted by Crippen LogP contribution is 2.26. The number of nitrogen functional groups attached to an aromatic ring is 1. The Morgan fingerprint density at radius 2 is 2.06 bits per heavy atom. The third-order valence-electron chi connectivity index (χ3n) is 5.84. The molecule has 4 heterocycles. The van der Waals surface area contributed by atoms with Crippen LogP contribution in [0.3, 0.4) is 0 Å². The molecule has 1 saturated heterocycles. The molecule has 0 aromatic carbocycles. The van der Waals surface area contributed by atoms with Crippen molar-refractivity contribution in [2.75, 3.05) is 35.6 Å². The van der Waals surface area contributed by atoms with E-state index in [-0.39, 0.29) is 11.1 Å². The van der Waals surface area contributed by atoms with Gasteiger partial charge in [0.2, 0.25) is 0 Å². The van der Waals surface area contributed by atoms with Crippen molar-refractivity contribution < 1.29 is 0 Å². The first-order chi connectivity index (χ1) is 14.7. The lowest BCUT2D eigenvalue weighted by Crippen LogP contribution is -2.38.